The maximum absolute atomic E-state index is 12.6. The molecule has 1 fully saturated rings. The topological polar surface area (TPSA) is 64.4 Å². The third-order valence-corrected chi connectivity index (χ3v) is 7.28. The molecule has 7 heteroatoms. The lowest BCUT2D eigenvalue weighted by Crippen LogP contribution is -2.46. The predicted octanol–water partition coefficient (Wildman–Crippen LogP) is 2.70. The number of hydrogen-bond acceptors (Lipinski definition) is 4. The third kappa shape index (κ3) is 3.88. The Hall–Kier alpha value is -1.86. The molecule has 0 amide bonds. The van der Waals surface area contributed by atoms with Crippen molar-refractivity contribution in [3.05, 3.63) is 48.0 Å². The molecule has 2 atom stereocenters. The van der Waals surface area contributed by atoms with E-state index in [2.05, 4.69) is 4.98 Å². The van der Waals surface area contributed by atoms with Crippen LogP contribution >= 0.6 is 0 Å². The van der Waals surface area contributed by atoms with E-state index < -0.39 is 10.0 Å². The van der Waals surface area contributed by atoms with Crippen molar-refractivity contribution in [3.63, 3.8) is 0 Å². The van der Waals surface area contributed by atoms with Crippen LogP contribution in [0.4, 0.5) is 0 Å². The molecule has 2 aromatic rings. The molecule has 1 aliphatic heterocycles. The first kappa shape index (κ1) is 17.9. The van der Waals surface area contributed by atoms with Crippen LogP contribution in [0.25, 0.3) is 0 Å². The Morgan fingerprint density at radius 2 is 1.92 bits per heavy atom. The highest BCUT2D eigenvalue weighted by molar-refractivity contribution is 7.89. The first-order valence-electron chi connectivity index (χ1n) is 8.55. The van der Waals surface area contributed by atoms with Gasteiger partial charge in [-0.15, -0.1) is 0 Å². The van der Waals surface area contributed by atoms with Crippen LogP contribution in [0.3, 0.4) is 0 Å². The first-order chi connectivity index (χ1) is 11.9. The van der Waals surface area contributed by atoms with E-state index >= 15 is 0 Å². The molecule has 1 saturated heterocycles. The van der Waals surface area contributed by atoms with Crippen LogP contribution in [-0.2, 0) is 30.2 Å². The molecule has 0 aliphatic carbocycles. The molecule has 136 valence electrons. The van der Waals surface area contributed by atoms with Crippen LogP contribution in [0, 0.1) is 0 Å². The van der Waals surface area contributed by atoms with Gasteiger partial charge < -0.3 is 9.30 Å². The Labute approximate surface area is 149 Å². The van der Waals surface area contributed by atoms with Gasteiger partial charge in [-0.05, 0) is 44.4 Å². The Morgan fingerprint density at radius 1 is 1.20 bits per heavy atom. The Bertz CT molecular complexity index is 814. The average Bonchev–Trinajstić information content (AvgIpc) is 3.00. The van der Waals surface area contributed by atoms with Gasteiger partial charge in [-0.3, -0.25) is 0 Å². The number of ether oxygens (including phenoxy) is 1. The van der Waals surface area contributed by atoms with E-state index in [1.165, 1.54) is 0 Å². The van der Waals surface area contributed by atoms with Crippen molar-refractivity contribution < 1.29 is 13.2 Å². The van der Waals surface area contributed by atoms with E-state index in [1.54, 1.807) is 23.8 Å². The highest BCUT2D eigenvalue weighted by atomic mass is 32.2. The average molecular weight is 363 g/mol. The summed E-state index contributed by atoms with van der Waals surface area (Å²) in [4.78, 5) is 4.06. The molecule has 25 heavy (non-hydrogen) atoms. The summed E-state index contributed by atoms with van der Waals surface area (Å²) in [7, 11) is -1.29. The molecule has 1 unspecified atom stereocenters. The summed E-state index contributed by atoms with van der Waals surface area (Å²) in [6, 6.07) is 7.68. The summed E-state index contributed by atoms with van der Waals surface area (Å²) in [5.74, 6) is 0.757. The van der Waals surface area contributed by atoms with Crippen LogP contribution in [0.15, 0.2) is 36.8 Å². The Balaban J connectivity index is 1.65. The highest BCUT2D eigenvalue weighted by Gasteiger charge is 2.36. The minimum atomic E-state index is -3.21. The molecule has 0 bridgehead atoms. The van der Waals surface area contributed by atoms with Crippen LogP contribution in [0.1, 0.15) is 37.9 Å². The smallest absolute Gasteiger partial charge is 0.217 e. The SMILES string of the molecule is CC1CC[C@H](C)N(Cc2ccc(OCc3cncn3C)cc2)S1(=O)=O. The maximum atomic E-state index is 12.6. The van der Waals surface area contributed by atoms with Gasteiger partial charge in [0.25, 0.3) is 0 Å². The quantitative estimate of drug-likeness (QED) is 0.819. The molecular weight excluding hydrogens is 338 g/mol. The number of nitrogens with zero attached hydrogens (tertiary/aromatic N) is 3. The van der Waals surface area contributed by atoms with Crippen molar-refractivity contribution in [1.29, 1.82) is 0 Å². The highest BCUT2D eigenvalue weighted by Crippen LogP contribution is 2.28. The molecular formula is C18H25N3O3S. The van der Waals surface area contributed by atoms with E-state index in [-0.39, 0.29) is 11.3 Å². The van der Waals surface area contributed by atoms with Crippen LogP contribution in [0.2, 0.25) is 0 Å². The zero-order chi connectivity index (χ0) is 18.0. The minimum absolute atomic E-state index is 0.0435. The second kappa shape index (κ2) is 7.17. The van der Waals surface area contributed by atoms with Crippen molar-refractivity contribution in [2.45, 2.75) is 51.1 Å². The van der Waals surface area contributed by atoms with Gasteiger partial charge in [-0.25, -0.2) is 13.4 Å². The number of sulfonamides is 1. The zero-order valence-electron chi connectivity index (χ0n) is 14.9. The van der Waals surface area contributed by atoms with Crippen LogP contribution in [-0.4, -0.2) is 33.6 Å². The number of imidazole rings is 1. The van der Waals surface area contributed by atoms with E-state index in [0.717, 1.165) is 29.8 Å². The lowest BCUT2D eigenvalue weighted by molar-refractivity contribution is 0.283. The number of hydrogen-bond donors (Lipinski definition) is 0. The van der Waals surface area contributed by atoms with Crippen molar-refractivity contribution >= 4 is 10.0 Å². The molecule has 1 aromatic carbocycles. The second-order valence-electron chi connectivity index (χ2n) is 6.76. The monoisotopic (exact) mass is 363 g/mol. The van der Waals surface area contributed by atoms with Crippen molar-refractivity contribution in [2.75, 3.05) is 0 Å². The fourth-order valence-electron chi connectivity index (χ4n) is 3.05. The van der Waals surface area contributed by atoms with Crippen molar-refractivity contribution in [2.24, 2.45) is 7.05 Å². The number of aryl methyl sites for hydroxylation is 1. The molecule has 0 spiro atoms. The van der Waals surface area contributed by atoms with E-state index in [9.17, 15) is 8.42 Å². The summed E-state index contributed by atoms with van der Waals surface area (Å²) < 4.78 is 34.4. The molecule has 2 heterocycles. The number of benzene rings is 1. The molecule has 3 rings (SSSR count). The largest absolute Gasteiger partial charge is 0.487 e. The van der Waals surface area contributed by atoms with E-state index in [4.69, 9.17) is 4.74 Å². The Morgan fingerprint density at radius 3 is 2.56 bits per heavy atom. The van der Waals surface area contributed by atoms with Gasteiger partial charge in [0, 0.05) is 19.6 Å². The summed E-state index contributed by atoms with van der Waals surface area (Å²) in [5.41, 5.74) is 1.96. The summed E-state index contributed by atoms with van der Waals surface area (Å²) in [6.07, 6.45) is 5.16. The summed E-state index contributed by atoms with van der Waals surface area (Å²) in [5, 5.41) is -0.301. The standard InChI is InChI=1S/C18H25N3O3S/c1-14-4-5-15(2)25(22,23)21(14)11-16-6-8-18(9-7-16)24-12-17-10-19-13-20(17)3/h6-10,13-15H,4-5,11-12H2,1-3H3/t14-,15?/m0/s1. The van der Waals surface area contributed by atoms with Crippen molar-refractivity contribution in [1.82, 2.24) is 13.9 Å². The van der Waals surface area contributed by atoms with Gasteiger partial charge in [0.15, 0.2) is 0 Å². The first-order valence-corrected chi connectivity index (χ1v) is 10.1. The van der Waals surface area contributed by atoms with Gasteiger partial charge in [-0.2, -0.15) is 4.31 Å². The molecule has 1 aromatic heterocycles. The van der Waals surface area contributed by atoms with Gasteiger partial charge >= 0.3 is 0 Å². The summed E-state index contributed by atoms with van der Waals surface area (Å²) >= 11 is 0. The minimum Gasteiger partial charge on any atom is -0.487 e. The van der Waals surface area contributed by atoms with Crippen LogP contribution in [0.5, 0.6) is 5.75 Å². The zero-order valence-corrected chi connectivity index (χ0v) is 15.7. The van der Waals surface area contributed by atoms with Gasteiger partial charge in [-0.1, -0.05) is 12.1 Å². The Kier molecular flexibility index (Phi) is 5.15. The van der Waals surface area contributed by atoms with E-state index in [0.29, 0.717) is 13.2 Å². The lowest BCUT2D eigenvalue weighted by Gasteiger charge is -2.36. The second-order valence-corrected chi connectivity index (χ2v) is 9.06. The van der Waals surface area contributed by atoms with Crippen molar-refractivity contribution in [3.8, 4) is 5.75 Å². The van der Waals surface area contributed by atoms with Crippen LogP contribution < -0.4 is 4.74 Å². The third-order valence-electron chi connectivity index (χ3n) is 4.88. The predicted molar refractivity (Wildman–Crippen MR) is 96.6 cm³/mol. The fraction of sp³-hybridized carbons (Fsp3) is 0.500. The maximum Gasteiger partial charge on any atom is 0.217 e. The molecule has 0 N–H and O–H groups in total. The van der Waals surface area contributed by atoms with E-state index in [1.807, 2.05) is 42.8 Å². The molecule has 0 radical (unpaired) electrons. The number of rotatable bonds is 5. The van der Waals surface area contributed by atoms with Gasteiger partial charge in [0.05, 0.1) is 23.5 Å². The normalized spacial score (nSPS) is 23.5. The van der Waals surface area contributed by atoms with Gasteiger partial charge in [0.1, 0.15) is 12.4 Å². The van der Waals surface area contributed by atoms with Gasteiger partial charge in [0.2, 0.25) is 10.0 Å². The molecule has 1 aliphatic rings. The summed E-state index contributed by atoms with van der Waals surface area (Å²) in [6.45, 7) is 4.64. The lowest BCUT2D eigenvalue weighted by atomic mass is 10.1. The molecule has 0 saturated carbocycles. The fourth-order valence-corrected chi connectivity index (χ4v) is 4.88. The molecule has 6 nitrogen and oxygen atoms in total. The number of aromatic nitrogens is 2.